The number of hydrogen-bond acceptors (Lipinski definition) is 4. The van der Waals surface area contributed by atoms with Crippen molar-refractivity contribution in [3.63, 3.8) is 0 Å². The highest BCUT2D eigenvalue weighted by molar-refractivity contribution is 5.85. The lowest BCUT2D eigenvalue weighted by molar-refractivity contribution is 0.112. The topological polar surface area (TPSA) is 38.8 Å². The summed E-state index contributed by atoms with van der Waals surface area (Å²) in [6.45, 7) is 11.0. The molecule has 1 fully saturated rings. The van der Waals surface area contributed by atoms with Crippen LogP contribution in [0, 0.1) is 11.8 Å². The molecular weight excluding hydrogens is 314 g/mol. The second kappa shape index (κ2) is 9.78. The largest absolute Gasteiger partial charge is 0.490 e. The van der Waals surface area contributed by atoms with Crippen LogP contribution in [-0.4, -0.2) is 44.0 Å². The van der Waals surface area contributed by atoms with Crippen LogP contribution in [-0.2, 0) is 0 Å². The summed E-state index contributed by atoms with van der Waals surface area (Å²) in [5.41, 5.74) is 0.606. The molecule has 130 valence electrons. The molecule has 23 heavy (non-hydrogen) atoms. The van der Waals surface area contributed by atoms with Crippen molar-refractivity contribution in [2.45, 2.75) is 27.2 Å². The zero-order valence-corrected chi connectivity index (χ0v) is 15.1. The monoisotopic (exact) mass is 341 g/mol. The summed E-state index contributed by atoms with van der Waals surface area (Å²) in [4.78, 5) is 13.3. The predicted molar refractivity (Wildman–Crippen MR) is 95.1 cm³/mol. The molecule has 0 saturated carbocycles. The number of hydrogen-bond donors (Lipinski definition) is 0. The van der Waals surface area contributed by atoms with E-state index in [1.54, 1.807) is 12.1 Å². The standard InChI is InChI=1S/C18H27NO3.ClH/c1-4-21-18-10-16(13-20)5-6-17(18)22-8-7-19-11-14(2)9-15(3)12-19;/h5-6,10,13-15H,4,7-9,11-12H2,1-3H3;1H. The van der Waals surface area contributed by atoms with Crippen molar-refractivity contribution >= 4 is 18.7 Å². The normalized spacial score (nSPS) is 21.3. The van der Waals surface area contributed by atoms with E-state index >= 15 is 0 Å². The molecule has 0 amide bonds. The second-order valence-electron chi connectivity index (χ2n) is 6.31. The number of halogens is 1. The molecule has 0 bridgehead atoms. The lowest BCUT2D eigenvalue weighted by atomic mass is 9.92. The van der Waals surface area contributed by atoms with Crippen LogP contribution in [0.2, 0.25) is 0 Å². The zero-order chi connectivity index (χ0) is 15.9. The number of benzene rings is 1. The van der Waals surface area contributed by atoms with E-state index in [1.165, 1.54) is 6.42 Å². The highest BCUT2D eigenvalue weighted by atomic mass is 35.5. The fourth-order valence-corrected chi connectivity index (χ4v) is 3.24. The fourth-order valence-electron chi connectivity index (χ4n) is 3.24. The molecule has 0 N–H and O–H groups in total. The van der Waals surface area contributed by atoms with Crippen molar-refractivity contribution in [3.8, 4) is 11.5 Å². The molecule has 5 heteroatoms. The molecule has 0 radical (unpaired) electrons. The number of likely N-dealkylation sites (tertiary alicyclic amines) is 1. The van der Waals surface area contributed by atoms with Gasteiger partial charge in [-0.2, -0.15) is 0 Å². The van der Waals surface area contributed by atoms with Crippen molar-refractivity contribution in [2.24, 2.45) is 11.8 Å². The van der Waals surface area contributed by atoms with Gasteiger partial charge in [0, 0.05) is 25.2 Å². The average molecular weight is 342 g/mol. The van der Waals surface area contributed by atoms with Crippen molar-refractivity contribution in [1.82, 2.24) is 4.90 Å². The minimum atomic E-state index is 0. The lowest BCUT2D eigenvalue weighted by Crippen LogP contribution is -2.40. The summed E-state index contributed by atoms with van der Waals surface area (Å²) >= 11 is 0. The van der Waals surface area contributed by atoms with Crippen LogP contribution < -0.4 is 9.47 Å². The van der Waals surface area contributed by atoms with Gasteiger partial charge in [-0.1, -0.05) is 13.8 Å². The van der Waals surface area contributed by atoms with Gasteiger partial charge in [-0.25, -0.2) is 0 Å². The summed E-state index contributed by atoms with van der Waals surface area (Å²) in [6.07, 6.45) is 2.14. The molecule has 2 atom stereocenters. The molecule has 4 nitrogen and oxygen atoms in total. The molecule has 1 aliphatic rings. The minimum absolute atomic E-state index is 0. The van der Waals surface area contributed by atoms with Gasteiger partial charge in [0.05, 0.1) is 6.61 Å². The van der Waals surface area contributed by atoms with Crippen LogP contribution in [0.4, 0.5) is 0 Å². The van der Waals surface area contributed by atoms with E-state index in [9.17, 15) is 4.79 Å². The summed E-state index contributed by atoms with van der Waals surface area (Å²) in [7, 11) is 0. The molecule has 0 aromatic heterocycles. The maximum atomic E-state index is 10.9. The van der Waals surface area contributed by atoms with Gasteiger partial charge in [0.15, 0.2) is 11.5 Å². The Kier molecular flexibility index (Phi) is 8.42. The Morgan fingerprint density at radius 3 is 2.48 bits per heavy atom. The van der Waals surface area contributed by atoms with Crippen LogP contribution in [0.3, 0.4) is 0 Å². The molecule has 2 unspecified atom stereocenters. The second-order valence-corrected chi connectivity index (χ2v) is 6.31. The van der Waals surface area contributed by atoms with E-state index in [0.29, 0.717) is 30.3 Å². The Bertz CT molecular complexity index is 485. The zero-order valence-electron chi connectivity index (χ0n) is 14.3. The number of carbonyl (C=O) groups is 1. The number of carbonyl (C=O) groups excluding carboxylic acids is 1. The predicted octanol–water partition coefficient (Wildman–Crippen LogP) is 3.68. The van der Waals surface area contributed by atoms with E-state index < -0.39 is 0 Å². The summed E-state index contributed by atoms with van der Waals surface area (Å²) in [5, 5.41) is 0. The Hall–Kier alpha value is -1.26. The van der Waals surface area contributed by atoms with Gasteiger partial charge in [0.2, 0.25) is 0 Å². The maximum Gasteiger partial charge on any atom is 0.161 e. The third kappa shape index (κ3) is 6.04. The fraction of sp³-hybridized carbons (Fsp3) is 0.611. The number of aldehydes is 1. The smallest absolute Gasteiger partial charge is 0.161 e. The van der Waals surface area contributed by atoms with Crippen LogP contribution in [0.15, 0.2) is 18.2 Å². The first-order valence-electron chi connectivity index (χ1n) is 8.19. The molecule has 1 aromatic rings. The van der Waals surface area contributed by atoms with Crippen LogP contribution in [0.25, 0.3) is 0 Å². The van der Waals surface area contributed by atoms with Crippen LogP contribution in [0.5, 0.6) is 11.5 Å². The van der Waals surface area contributed by atoms with E-state index in [1.807, 2.05) is 13.0 Å². The summed E-state index contributed by atoms with van der Waals surface area (Å²) in [6, 6.07) is 5.31. The highest BCUT2D eigenvalue weighted by Gasteiger charge is 2.21. The van der Waals surface area contributed by atoms with Gasteiger partial charge in [0.1, 0.15) is 12.9 Å². The minimum Gasteiger partial charge on any atom is -0.490 e. The van der Waals surface area contributed by atoms with Gasteiger partial charge in [0.25, 0.3) is 0 Å². The Balaban J connectivity index is 0.00000264. The maximum absolute atomic E-state index is 10.9. The van der Waals surface area contributed by atoms with E-state index in [2.05, 4.69) is 18.7 Å². The molecule has 0 spiro atoms. The molecule has 1 aromatic carbocycles. The number of piperidine rings is 1. The van der Waals surface area contributed by atoms with Crippen molar-refractivity contribution in [1.29, 1.82) is 0 Å². The Morgan fingerprint density at radius 1 is 1.17 bits per heavy atom. The Morgan fingerprint density at radius 2 is 1.87 bits per heavy atom. The molecule has 1 saturated heterocycles. The number of rotatable bonds is 7. The quantitative estimate of drug-likeness (QED) is 0.709. The third-order valence-corrected chi connectivity index (χ3v) is 4.01. The summed E-state index contributed by atoms with van der Waals surface area (Å²) in [5.74, 6) is 2.88. The van der Waals surface area contributed by atoms with Crippen LogP contribution >= 0.6 is 12.4 Å². The first-order valence-corrected chi connectivity index (χ1v) is 8.19. The van der Waals surface area contributed by atoms with Crippen molar-refractivity contribution < 1.29 is 14.3 Å². The van der Waals surface area contributed by atoms with Crippen molar-refractivity contribution in [3.05, 3.63) is 23.8 Å². The van der Waals surface area contributed by atoms with E-state index in [0.717, 1.165) is 37.8 Å². The van der Waals surface area contributed by atoms with Crippen LogP contribution in [0.1, 0.15) is 37.6 Å². The molecule has 2 rings (SSSR count). The van der Waals surface area contributed by atoms with Gasteiger partial charge in [-0.05, 0) is 43.4 Å². The molecular formula is C18H28ClNO3. The van der Waals surface area contributed by atoms with E-state index in [-0.39, 0.29) is 12.4 Å². The lowest BCUT2D eigenvalue weighted by Gasteiger charge is -2.34. The third-order valence-electron chi connectivity index (χ3n) is 4.01. The van der Waals surface area contributed by atoms with Gasteiger partial charge >= 0.3 is 0 Å². The SMILES string of the molecule is CCOc1cc(C=O)ccc1OCCN1CC(C)CC(C)C1.Cl. The molecule has 0 aliphatic carbocycles. The number of ether oxygens (including phenoxy) is 2. The number of nitrogens with zero attached hydrogens (tertiary/aromatic N) is 1. The first kappa shape index (κ1) is 19.8. The molecule has 1 aliphatic heterocycles. The first-order chi connectivity index (χ1) is 10.6. The molecule has 1 heterocycles. The van der Waals surface area contributed by atoms with E-state index in [4.69, 9.17) is 9.47 Å². The average Bonchev–Trinajstić information content (AvgIpc) is 2.48. The van der Waals surface area contributed by atoms with Gasteiger partial charge in [-0.15, -0.1) is 12.4 Å². The van der Waals surface area contributed by atoms with Crippen molar-refractivity contribution in [2.75, 3.05) is 32.8 Å². The Labute approximate surface area is 145 Å². The van der Waals surface area contributed by atoms with Gasteiger partial charge < -0.3 is 9.47 Å². The van der Waals surface area contributed by atoms with Gasteiger partial charge in [-0.3, -0.25) is 9.69 Å². The highest BCUT2D eigenvalue weighted by Crippen LogP contribution is 2.28. The summed E-state index contributed by atoms with van der Waals surface area (Å²) < 4.78 is 11.4.